The third kappa shape index (κ3) is 3.86. The van der Waals surface area contributed by atoms with Crippen molar-refractivity contribution in [3.63, 3.8) is 0 Å². The smallest absolute Gasteiger partial charge is 0.0976 e. The summed E-state index contributed by atoms with van der Waals surface area (Å²) in [6, 6.07) is 8.01. The molecule has 5 heteroatoms. The lowest BCUT2D eigenvalue weighted by Crippen LogP contribution is -2.49. The molecule has 1 aliphatic heterocycles. The van der Waals surface area contributed by atoms with Crippen molar-refractivity contribution in [2.75, 3.05) is 26.2 Å². The van der Waals surface area contributed by atoms with Gasteiger partial charge in [-0.15, -0.1) is 0 Å². The largest absolute Gasteiger partial charge is 0.296 e. The van der Waals surface area contributed by atoms with Crippen molar-refractivity contribution in [3.05, 3.63) is 33.8 Å². The topological polar surface area (TPSA) is 30.3 Å². The van der Waals surface area contributed by atoms with E-state index in [0.717, 1.165) is 54.8 Å². The highest BCUT2D eigenvalue weighted by Gasteiger charge is 2.22. The van der Waals surface area contributed by atoms with E-state index < -0.39 is 0 Å². The van der Waals surface area contributed by atoms with Crippen molar-refractivity contribution >= 4 is 23.2 Å². The molecule has 1 aromatic carbocycles. The summed E-state index contributed by atoms with van der Waals surface area (Å²) in [4.78, 5) is 4.62. The summed E-state index contributed by atoms with van der Waals surface area (Å²) in [5.74, 6) is 0. The molecule has 0 radical (unpaired) electrons. The van der Waals surface area contributed by atoms with Gasteiger partial charge in [-0.1, -0.05) is 30.1 Å². The van der Waals surface area contributed by atoms with Gasteiger partial charge in [-0.2, -0.15) is 5.26 Å². The first kappa shape index (κ1) is 15.6. The number of hydrogen-bond donors (Lipinski definition) is 0. The summed E-state index contributed by atoms with van der Waals surface area (Å²) in [6.07, 6.45) is 0.886. The molecule has 1 saturated heterocycles. The van der Waals surface area contributed by atoms with Gasteiger partial charge in [-0.05, 0) is 30.2 Å². The summed E-state index contributed by atoms with van der Waals surface area (Å²) < 4.78 is 0. The van der Waals surface area contributed by atoms with Crippen LogP contribution in [0.25, 0.3) is 0 Å². The second-order valence-electron chi connectivity index (χ2n) is 5.10. The molecule has 0 N–H and O–H groups in total. The Morgan fingerprint density at radius 3 is 2.55 bits per heavy atom. The van der Waals surface area contributed by atoms with Crippen LogP contribution in [0.3, 0.4) is 0 Å². The van der Waals surface area contributed by atoms with E-state index in [2.05, 4.69) is 22.8 Å². The molecule has 1 unspecified atom stereocenters. The Balaban J connectivity index is 1.92. The number of halogens is 2. The van der Waals surface area contributed by atoms with E-state index in [1.807, 2.05) is 18.2 Å². The summed E-state index contributed by atoms with van der Waals surface area (Å²) in [5.41, 5.74) is 1.07. The van der Waals surface area contributed by atoms with Crippen molar-refractivity contribution in [3.8, 4) is 6.07 Å². The molecule has 0 aliphatic carbocycles. The van der Waals surface area contributed by atoms with E-state index in [-0.39, 0.29) is 6.04 Å². The first-order valence-corrected chi connectivity index (χ1v) is 7.69. The summed E-state index contributed by atoms with van der Waals surface area (Å²) in [6.45, 7) is 6.67. The zero-order chi connectivity index (χ0) is 14.5. The van der Waals surface area contributed by atoms with Crippen LogP contribution in [0.2, 0.25) is 10.0 Å². The lowest BCUT2D eigenvalue weighted by molar-refractivity contribution is 0.108. The fraction of sp³-hybridized carbons (Fsp3) is 0.533. The van der Waals surface area contributed by atoms with E-state index in [1.54, 1.807) is 0 Å². The third-order valence-corrected chi connectivity index (χ3v) is 4.39. The van der Waals surface area contributed by atoms with Crippen LogP contribution in [0.5, 0.6) is 0 Å². The number of piperazine rings is 1. The normalized spacial score (nSPS) is 18.7. The van der Waals surface area contributed by atoms with E-state index in [0.29, 0.717) is 0 Å². The molecule has 1 aromatic rings. The van der Waals surface area contributed by atoms with Crippen LogP contribution in [0.15, 0.2) is 18.2 Å². The molecular weight excluding hydrogens is 293 g/mol. The van der Waals surface area contributed by atoms with Gasteiger partial charge in [0.2, 0.25) is 0 Å². The lowest BCUT2D eigenvalue weighted by Gasteiger charge is -2.36. The number of rotatable bonds is 4. The highest BCUT2D eigenvalue weighted by Crippen LogP contribution is 2.22. The fourth-order valence-corrected chi connectivity index (χ4v) is 2.94. The maximum Gasteiger partial charge on any atom is 0.0976 e. The fourth-order valence-electron chi connectivity index (χ4n) is 2.57. The Bertz CT molecular complexity index is 490. The number of nitriles is 1. The Kier molecular flexibility index (Phi) is 5.68. The van der Waals surface area contributed by atoms with Crippen LogP contribution in [-0.2, 0) is 6.54 Å². The number of benzene rings is 1. The molecule has 3 nitrogen and oxygen atoms in total. The maximum absolute atomic E-state index is 9.11. The lowest BCUT2D eigenvalue weighted by atomic mass is 10.1. The van der Waals surface area contributed by atoms with Crippen LogP contribution < -0.4 is 0 Å². The van der Waals surface area contributed by atoms with E-state index >= 15 is 0 Å². The second-order valence-corrected chi connectivity index (χ2v) is 5.94. The summed E-state index contributed by atoms with van der Waals surface area (Å²) in [5, 5.41) is 10.6. The summed E-state index contributed by atoms with van der Waals surface area (Å²) >= 11 is 12.2. The van der Waals surface area contributed by atoms with Crippen molar-refractivity contribution in [2.45, 2.75) is 25.9 Å². The molecule has 1 heterocycles. The third-order valence-electron chi connectivity index (χ3n) is 3.79. The molecule has 0 spiro atoms. The Morgan fingerprint density at radius 2 is 1.95 bits per heavy atom. The first-order chi connectivity index (χ1) is 9.63. The minimum Gasteiger partial charge on any atom is -0.296 e. The van der Waals surface area contributed by atoms with Crippen molar-refractivity contribution in [2.24, 2.45) is 0 Å². The van der Waals surface area contributed by atoms with Gasteiger partial charge in [0.15, 0.2) is 0 Å². The number of hydrogen-bond acceptors (Lipinski definition) is 3. The van der Waals surface area contributed by atoms with Gasteiger partial charge < -0.3 is 0 Å². The molecule has 1 aliphatic rings. The molecular formula is C15H19Cl2N3. The second kappa shape index (κ2) is 7.28. The molecule has 0 bridgehead atoms. The molecule has 108 valence electrons. The molecule has 1 atom stereocenters. The Hall–Kier alpha value is -0.790. The molecule has 2 rings (SSSR count). The Labute approximate surface area is 130 Å². The van der Waals surface area contributed by atoms with Crippen molar-refractivity contribution in [1.82, 2.24) is 9.80 Å². The van der Waals surface area contributed by atoms with Gasteiger partial charge >= 0.3 is 0 Å². The zero-order valence-electron chi connectivity index (χ0n) is 11.6. The van der Waals surface area contributed by atoms with Crippen LogP contribution >= 0.6 is 23.2 Å². The molecule has 1 fully saturated rings. The van der Waals surface area contributed by atoms with Gasteiger partial charge in [-0.25, -0.2) is 0 Å². The van der Waals surface area contributed by atoms with Gasteiger partial charge in [0.05, 0.1) is 12.1 Å². The van der Waals surface area contributed by atoms with Gasteiger partial charge in [0.1, 0.15) is 0 Å². The van der Waals surface area contributed by atoms with Crippen molar-refractivity contribution < 1.29 is 0 Å². The first-order valence-electron chi connectivity index (χ1n) is 6.94. The quantitative estimate of drug-likeness (QED) is 0.853. The van der Waals surface area contributed by atoms with Gasteiger partial charge in [-0.3, -0.25) is 9.80 Å². The summed E-state index contributed by atoms with van der Waals surface area (Å²) in [7, 11) is 0. The van der Waals surface area contributed by atoms with Gasteiger partial charge in [0.25, 0.3) is 0 Å². The minimum atomic E-state index is 0.0481. The standard InChI is InChI=1S/C15H19Cl2N3/c1-2-14(10-18)20-7-5-19(6-8-20)11-12-9-13(16)3-4-15(12)17/h3-4,9,14H,2,5-8,11H2,1H3. The Morgan fingerprint density at radius 1 is 1.25 bits per heavy atom. The maximum atomic E-state index is 9.11. The van der Waals surface area contributed by atoms with Gasteiger partial charge in [0, 0.05) is 42.8 Å². The number of nitrogens with zero attached hydrogens (tertiary/aromatic N) is 3. The SMILES string of the molecule is CCC(C#N)N1CCN(Cc2cc(Cl)ccc2Cl)CC1. The highest BCUT2D eigenvalue weighted by molar-refractivity contribution is 6.33. The van der Waals surface area contributed by atoms with Crippen LogP contribution in [-0.4, -0.2) is 42.0 Å². The van der Waals surface area contributed by atoms with E-state index in [9.17, 15) is 0 Å². The van der Waals surface area contributed by atoms with Crippen LogP contribution in [0, 0.1) is 11.3 Å². The van der Waals surface area contributed by atoms with Crippen LogP contribution in [0.1, 0.15) is 18.9 Å². The highest BCUT2D eigenvalue weighted by atomic mass is 35.5. The molecule has 0 aromatic heterocycles. The van der Waals surface area contributed by atoms with Crippen molar-refractivity contribution in [1.29, 1.82) is 5.26 Å². The molecule has 20 heavy (non-hydrogen) atoms. The average molecular weight is 312 g/mol. The van der Waals surface area contributed by atoms with E-state index in [4.69, 9.17) is 28.5 Å². The van der Waals surface area contributed by atoms with Crippen LogP contribution in [0.4, 0.5) is 0 Å². The predicted molar refractivity (Wildman–Crippen MR) is 83.0 cm³/mol. The molecule has 0 saturated carbocycles. The zero-order valence-corrected chi connectivity index (χ0v) is 13.2. The monoisotopic (exact) mass is 311 g/mol. The predicted octanol–water partition coefficient (Wildman–Crippen LogP) is 3.41. The molecule has 0 amide bonds. The van der Waals surface area contributed by atoms with E-state index in [1.165, 1.54) is 0 Å². The minimum absolute atomic E-state index is 0.0481. The average Bonchev–Trinajstić information content (AvgIpc) is 2.46.